The van der Waals surface area contributed by atoms with Gasteiger partial charge in [0.25, 0.3) is 5.56 Å². The number of aryl methyl sites for hydroxylation is 1. The molecular weight excluding hydrogens is 335 g/mol. The van der Waals surface area contributed by atoms with Gasteiger partial charge in [-0.1, -0.05) is 30.3 Å². The van der Waals surface area contributed by atoms with Crippen molar-refractivity contribution < 1.29 is 9.18 Å². The van der Waals surface area contributed by atoms with Crippen molar-refractivity contribution in [2.45, 2.75) is 20.4 Å². The molecule has 6 nitrogen and oxygen atoms in total. The van der Waals surface area contributed by atoms with Gasteiger partial charge in [-0.15, -0.1) is 0 Å². The molecule has 0 fully saturated rings. The fourth-order valence-corrected chi connectivity index (χ4v) is 2.66. The smallest absolute Gasteiger partial charge is 0.291 e. The predicted octanol–water partition coefficient (Wildman–Crippen LogP) is 3.41. The van der Waals surface area contributed by atoms with Gasteiger partial charge in [-0.2, -0.15) is 9.49 Å². The zero-order chi connectivity index (χ0) is 18.7. The number of halogens is 1. The van der Waals surface area contributed by atoms with Crippen molar-refractivity contribution in [3.05, 3.63) is 70.5 Å². The number of aromatic nitrogens is 3. The number of hydrogen-bond acceptors (Lipinski definition) is 5. The van der Waals surface area contributed by atoms with Gasteiger partial charge < -0.3 is 5.32 Å². The second-order valence-corrected chi connectivity index (χ2v) is 5.61. The average Bonchev–Trinajstić information content (AvgIpc) is 2.65. The van der Waals surface area contributed by atoms with E-state index < -0.39 is 11.5 Å². The molecule has 26 heavy (non-hydrogen) atoms. The number of ketones is 1. The Hall–Kier alpha value is -3.35. The number of nitrogens with one attached hydrogen (secondary N) is 1. The summed E-state index contributed by atoms with van der Waals surface area (Å²) in [5.74, 6) is -1.11. The molecule has 0 radical (unpaired) electrons. The van der Waals surface area contributed by atoms with Gasteiger partial charge in [-0.3, -0.25) is 9.59 Å². The highest BCUT2D eigenvalue weighted by molar-refractivity contribution is 6.05. The van der Waals surface area contributed by atoms with E-state index in [1.165, 1.54) is 29.9 Å². The molecule has 132 valence electrons. The monoisotopic (exact) mass is 352 g/mol. The fourth-order valence-electron chi connectivity index (χ4n) is 2.66. The Bertz CT molecular complexity index is 1020. The summed E-state index contributed by atoms with van der Waals surface area (Å²) in [4.78, 5) is 28.7. The van der Waals surface area contributed by atoms with E-state index in [1.54, 1.807) is 19.1 Å². The van der Waals surface area contributed by atoms with Crippen LogP contribution in [0.5, 0.6) is 0 Å². The van der Waals surface area contributed by atoms with Crippen molar-refractivity contribution in [3.8, 4) is 11.3 Å². The third-order valence-electron chi connectivity index (χ3n) is 3.87. The maximum atomic E-state index is 14.0. The van der Waals surface area contributed by atoms with Gasteiger partial charge in [0.05, 0.1) is 11.3 Å². The summed E-state index contributed by atoms with van der Waals surface area (Å²) in [7, 11) is 0. The van der Waals surface area contributed by atoms with Crippen LogP contribution in [-0.2, 0) is 6.54 Å². The Balaban J connectivity index is 2.30. The Labute approximate surface area is 149 Å². The van der Waals surface area contributed by atoms with Crippen LogP contribution in [0.1, 0.15) is 24.2 Å². The molecule has 0 aliphatic carbocycles. The van der Waals surface area contributed by atoms with Crippen LogP contribution in [0.4, 0.5) is 15.8 Å². The van der Waals surface area contributed by atoms with Crippen LogP contribution in [-0.4, -0.2) is 20.5 Å². The minimum atomic E-state index is -0.762. The van der Waals surface area contributed by atoms with Gasteiger partial charge in [-0.05, 0) is 26.0 Å². The first-order valence-corrected chi connectivity index (χ1v) is 8.12. The second-order valence-electron chi connectivity index (χ2n) is 5.61. The molecule has 0 saturated heterocycles. The molecule has 0 unspecified atom stereocenters. The van der Waals surface area contributed by atoms with Crippen LogP contribution >= 0.6 is 0 Å². The summed E-state index contributed by atoms with van der Waals surface area (Å²) < 4.78 is 15.2. The third kappa shape index (κ3) is 3.23. The molecule has 1 aromatic carbocycles. The van der Waals surface area contributed by atoms with Crippen LogP contribution in [0, 0.1) is 5.95 Å². The van der Waals surface area contributed by atoms with E-state index in [0.717, 1.165) is 0 Å². The minimum Gasteiger partial charge on any atom is -0.347 e. The SMILES string of the molecule is CCn1nc(-c2ccccc2)c(C(C)=O)c(Nc2cccnc2F)c1=O. The number of rotatable bonds is 5. The number of anilines is 2. The highest BCUT2D eigenvalue weighted by Crippen LogP contribution is 2.27. The summed E-state index contributed by atoms with van der Waals surface area (Å²) in [5, 5.41) is 7.08. The first kappa shape index (κ1) is 17.5. The Morgan fingerprint density at radius 2 is 1.92 bits per heavy atom. The van der Waals surface area contributed by atoms with Crippen LogP contribution < -0.4 is 10.9 Å². The lowest BCUT2D eigenvalue weighted by Gasteiger charge is -2.16. The number of pyridine rings is 1. The minimum absolute atomic E-state index is 0.0138. The maximum Gasteiger partial charge on any atom is 0.291 e. The van der Waals surface area contributed by atoms with Gasteiger partial charge in [-0.25, -0.2) is 9.67 Å². The molecule has 3 rings (SSSR count). The zero-order valence-corrected chi connectivity index (χ0v) is 14.4. The molecule has 0 aliphatic heterocycles. The largest absolute Gasteiger partial charge is 0.347 e. The Morgan fingerprint density at radius 3 is 2.54 bits per heavy atom. The third-order valence-corrected chi connectivity index (χ3v) is 3.87. The Kier molecular flexibility index (Phi) is 4.88. The first-order chi connectivity index (χ1) is 12.5. The summed E-state index contributed by atoms with van der Waals surface area (Å²) >= 11 is 0. The van der Waals surface area contributed by atoms with Crippen molar-refractivity contribution in [1.82, 2.24) is 14.8 Å². The van der Waals surface area contributed by atoms with E-state index in [-0.39, 0.29) is 22.7 Å². The summed E-state index contributed by atoms with van der Waals surface area (Å²) in [5.41, 5.74) is 0.677. The molecular formula is C19H17FN4O2. The average molecular weight is 352 g/mol. The molecule has 7 heteroatoms. The van der Waals surface area contributed by atoms with Gasteiger partial charge >= 0.3 is 0 Å². The van der Waals surface area contributed by atoms with Crippen molar-refractivity contribution in [3.63, 3.8) is 0 Å². The number of Topliss-reactive ketones (excluding diaryl/α,β-unsaturated/α-hetero) is 1. The lowest BCUT2D eigenvalue weighted by molar-refractivity contribution is 0.101. The van der Waals surface area contributed by atoms with Gasteiger partial charge in [0.2, 0.25) is 5.95 Å². The molecule has 1 N–H and O–H groups in total. The maximum absolute atomic E-state index is 14.0. The van der Waals surface area contributed by atoms with E-state index >= 15 is 0 Å². The molecule has 0 saturated carbocycles. The van der Waals surface area contributed by atoms with Crippen LogP contribution in [0.15, 0.2) is 53.5 Å². The molecule has 2 aromatic heterocycles. The van der Waals surface area contributed by atoms with Crippen molar-refractivity contribution in [1.29, 1.82) is 0 Å². The standard InChI is InChI=1S/C19H17FN4O2/c1-3-24-19(26)17(22-14-10-7-11-21-18(14)20)15(12(2)25)16(23-24)13-8-5-4-6-9-13/h4-11,22H,3H2,1-2H3. The number of carbonyl (C=O) groups excluding carboxylic acids is 1. The fraction of sp³-hybridized carbons (Fsp3) is 0.158. The molecule has 0 amide bonds. The van der Waals surface area contributed by atoms with E-state index in [9.17, 15) is 14.0 Å². The highest BCUT2D eigenvalue weighted by Gasteiger charge is 2.22. The number of hydrogen-bond donors (Lipinski definition) is 1. The van der Waals surface area contributed by atoms with Crippen LogP contribution in [0.3, 0.4) is 0 Å². The van der Waals surface area contributed by atoms with Crippen molar-refractivity contribution >= 4 is 17.2 Å². The van der Waals surface area contributed by atoms with Gasteiger partial charge in [0, 0.05) is 18.3 Å². The number of benzene rings is 1. The van der Waals surface area contributed by atoms with E-state index in [2.05, 4.69) is 15.4 Å². The van der Waals surface area contributed by atoms with E-state index in [0.29, 0.717) is 17.8 Å². The van der Waals surface area contributed by atoms with E-state index in [4.69, 9.17) is 0 Å². The molecule has 0 spiro atoms. The molecule has 0 atom stereocenters. The zero-order valence-electron chi connectivity index (χ0n) is 14.4. The van der Waals surface area contributed by atoms with Gasteiger partial charge in [0.1, 0.15) is 11.4 Å². The van der Waals surface area contributed by atoms with Crippen molar-refractivity contribution in [2.24, 2.45) is 0 Å². The molecule has 3 aromatic rings. The number of carbonyl (C=O) groups is 1. The summed E-state index contributed by atoms with van der Waals surface area (Å²) in [6, 6.07) is 12.1. The number of nitrogens with zero attached hydrogens (tertiary/aromatic N) is 3. The van der Waals surface area contributed by atoms with Gasteiger partial charge in [0.15, 0.2) is 5.78 Å². The van der Waals surface area contributed by atoms with Crippen molar-refractivity contribution in [2.75, 3.05) is 5.32 Å². The predicted molar refractivity (Wildman–Crippen MR) is 97.1 cm³/mol. The van der Waals surface area contributed by atoms with E-state index in [1.807, 2.05) is 18.2 Å². The summed E-state index contributed by atoms with van der Waals surface area (Å²) in [6.45, 7) is 3.43. The first-order valence-electron chi connectivity index (χ1n) is 8.12. The quantitative estimate of drug-likeness (QED) is 0.562. The normalized spacial score (nSPS) is 10.6. The lowest BCUT2D eigenvalue weighted by Crippen LogP contribution is -2.28. The highest BCUT2D eigenvalue weighted by atomic mass is 19.1. The topological polar surface area (TPSA) is 76.9 Å². The summed E-state index contributed by atoms with van der Waals surface area (Å²) in [6.07, 6.45) is 1.30. The molecule has 0 bridgehead atoms. The molecule has 2 heterocycles. The van der Waals surface area contributed by atoms with Crippen LogP contribution in [0.25, 0.3) is 11.3 Å². The second kappa shape index (κ2) is 7.26. The Morgan fingerprint density at radius 1 is 1.19 bits per heavy atom. The van der Waals surface area contributed by atoms with Crippen LogP contribution in [0.2, 0.25) is 0 Å². The lowest BCUT2D eigenvalue weighted by atomic mass is 10.0. The molecule has 0 aliphatic rings.